The molecule has 0 spiro atoms. The van der Waals surface area contributed by atoms with Crippen LogP contribution in [0.4, 0.5) is 5.69 Å². The molecule has 4 nitrogen and oxygen atoms in total. The molecule has 2 aromatic carbocycles. The topological polar surface area (TPSA) is 54.3 Å². The highest BCUT2D eigenvalue weighted by Crippen LogP contribution is 2.31. The molecule has 3 aromatic rings. The van der Waals surface area contributed by atoms with E-state index in [1.165, 1.54) is 0 Å². The Morgan fingerprint density at radius 2 is 1.88 bits per heavy atom. The van der Waals surface area contributed by atoms with E-state index in [0.717, 1.165) is 47.7 Å². The number of fused-ring (bicyclic) bond motifs is 1. The molecule has 0 saturated heterocycles. The van der Waals surface area contributed by atoms with Gasteiger partial charge in [-0.3, -0.25) is 4.79 Å². The van der Waals surface area contributed by atoms with Gasteiger partial charge in [0.1, 0.15) is 0 Å². The van der Waals surface area contributed by atoms with E-state index in [0.29, 0.717) is 6.54 Å². The zero-order valence-electron chi connectivity index (χ0n) is 14.1. The van der Waals surface area contributed by atoms with Crippen LogP contribution in [0, 0.1) is 5.92 Å². The predicted molar refractivity (Wildman–Crippen MR) is 99.7 cm³/mol. The molecule has 0 atom stereocenters. The summed E-state index contributed by atoms with van der Waals surface area (Å²) in [6.07, 6.45) is 6.20. The lowest BCUT2D eigenvalue weighted by molar-refractivity contribution is -0.119. The van der Waals surface area contributed by atoms with E-state index in [2.05, 4.69) is 5.32 Å². The van der Waals surface area contributed by atoms with Crippen molar-refractivity contribution in [3.8, 4) is 5.88 Å². The van der Waals surface area contributed by atoms with Gasteiger partial charge in [-0.25, -0.2) is 0 Å². The summed E-state index contributed by atoms with van der Waals surface area (Å²) in [6, 6.07) is 15.7. The maximum Gasteiger partial charge on any atom is 0.227 e. The smallest absolute Gasteiger partial charge is 0.227 e. The lowest BCUT2D eigenvalue weighted by atomic mass is 10.1. The monoisotopic (exact) mass is 334 g/mol. The molecule has 4 rings (SSSR count). The van der Waals surface area contributed by atoms with Gasteiger partial charge in [-0.15, -0.1) is 0 Å². The number of amides is 1. The minimum Gasteiger partial charge on any atom is -0.494 e. The number of benzene rings is 2. The molecule has 2 N–H and O–H groups in total. The van der Waals surface area contributed by atoms with Gasteiger partial charge >= 0.3 is 0 Å². The third kappa shape index (κ3) is 3.25. The van der Waals surface area contributed by atoms with Crippen molar-refractivity contribution in [3.05, 3.63) is 60.3 Å². The molecule has 0 bridgehead atoms. The van der Waals surface area contributed by atoms with E-state index in [4.69, 9.17) is 0 Å². The first-order valence-corrected chi connectivity index (χ1v) is 8.87. The molecule has 0 radical (unpaired) electrons. The molecule has 25 heavy (non-hydrogen) atoms. The van der Waals surface area contributed by atoms with Gasteiger partial charge < -0.3 is 15.0 Å². The quantitative estimate of drug-likeness (QED) is 0.737. The van der Waals surface area contributed by atoms with E-state index >= 15 is 0 Å². The number of nitrogens with one attached hydrogen (secondary N) is 1. The fourth-order valence-corrected chi connectivity index (χ4v) is 3.67. The summed E-state index contributed by atoms with van der Waals surface area (Å²) >= 11 is 0. The van der Waals surface area contributed by atoms with Crippen LogP contribution < -0.4 is 5.32 Å². The van der Waals surface area contributed by atoms with Gasteiger partial charge in [0.05, 0.1) is 6.54 Å². The van der Waals surface area contributed by atoms with Crippen LogP contribution in [0.3, 0.4) is 0 Å². The highest BCUT2D eigenvalue weighted by atomic mass is 16.3. The Kier molecular flexibility index (Phi) is 4.18. The average molecular weight is 334 g/mol. The van der Waals surface area contributed by atoms with Crippen LogP contribution >= 0.6 is 0 Å². The van der Waals surface area contributed by atoms with Crippen LogP contribution in [0.5, 0.6) is 5.88 Å². The fourth-order valence-electron chi connectivity index (χ4n) is 3.67. The lowest BCUT2D eigenvalue weighted by Crippen LogP contribution is -2.20. The Morgan fingerprint density at radius 1 is 1.12 bits per heavy atom. The van der Waals surface area contributed by atoms with Gasteiger partial charge in [0.2, 0.25) is 5.91 Å². The van der Waals surface area contributed by atoms with Crippen LogP contribution in [0.1, 0.15) is 31.2 Å². The van der Waals surface area contributed by atoms with Gasteiger partial charge in [-0.05, 0) is 36.6 Å². The number of hydrogen-bond acceptors (Lipinski definition) is 2. The second-order valence-corrected chi connectivity index (χ2v) is 6.84. The zero-order valence-corrected chi connectivity index (χ0v) is 14.1. The summed E-state index contributed by atoms with van der Waals surface area (Å²) in [5, 5.41) is 15.2. The largest absolute Gasteiger partial charge is 0.494 e. The maximum atomic E-state index is 12.3. The first-order chi connectivity index (χ1) is 12.2. The first kappa shape index (κ1) is 15.8. The third-order valence-electron chi connectivity index (χ3n) is 5.05. The Labute approximate surface area is 147 Å². The number of rotatable bonds is 4. The van der Waals surface area contributed by atoms with Crippen molar-refractivity contribution in [2.24, 2.45) is 5.92 Å². The second kappa shape index (κ2) is 6.63. The number of anilines is 1. The molecule has 1 amide bonds. The second-order valence-electron chi connectivity index (χ2n) is 6.84. The molecular weight excluding hydrogens is 312 g/mol. The first-order valence-electron chi connectivity index (χ1n) is 8.87. The third-order valence-corrected chi connectivity index (χ3v) is 5.05. The average Bonchev–Trinajstić information content (AvgIpc) is 3.25. The van der Waals surface area contributed by atoms with E-state index in [1.807, 2.05) is 59.3 Å². The molecule has 1 aliphatic carbocycles. The van der Waals surface area contributed by atoms with Crippen molar-refractivity contribution in [1.82, 2.24) is 4.57 Å². The van der Waals surface area contributed by atoms with E-state index in [1.54, 1.807) is 0 Å². The van der Waals surface area contributed by atoms with Crippen LogP contribution in [0.25, 0.3) is 10.8 Å². The molecule has 1 aromatic heterocycles. The Hall–Kier alpha value is -2.75. The summed E-state index contributed by atoms with van der Waals surface area (Å²) in [5.41, 5.74) is 1.93. The molecule has 1 saturated carbocycles. The van der Waals surface area contributed by atoms with Gasteiger partial charge in [0.15, 0.2) is 5.88 Å². The Balaban J connectivity index is 1.57. The zero-order chi connectivity index (χ0) is 17.2. The summed E-state index contributed by atoms with van der Waals surface area (Å²) in [7, 11) is 0. The predicted octanol–water partition coefficient (Wildman–Crippen LogP) is 4.52. The van der Waals surface area contributed by atoms with Crippen molar-refractivity contribution in [2.45, 2.75) is 32.2 Å². The molecule has 0 unspecified atom stereocenters. The maximum absolute atomic E-state index is 12.3. The number of aromatic nitrogens is 1. The van der Waals surface area contributed by atoms with Crippen molar-refractivity contribution in [3.63, 3.8) is 0 Å². The minimum absolute atomic E-state index is 0.116. The molecule has 1 fully saturated rings. The van der Waals surface area contributed by atoms with Gasteiger partial charge in [-0.2, -0.15) is 0 Å². The number of carbonyl (C=O) groups is 1. The van der Waals surface area contributed by atoms with Crippen molar-refractivity contribution in [1.29, 1.82) is 0 Å². The van der Waals surface area contributed by atoms with Crippen LogP contribution in [0.15, 0.2) is 54.7 Å². The Morgan fingerprint density at radius 3 is 2.64 bits per heavy atom. The van der Waals surface area contributed by atoms with Crippen molar-refractivity contribution < 1.29 is 9.90 Å². The van der Waals surface area contributed by atoms with Gasteiger partial charge in [0.25, 0.3) is 0 Å². The standard InChI is InChI=1S/C21H22N2O2/c24-20(16-8-4-5-9-16)22-18-10-11-19-17(12-18)14-23(21(19)25)13-15-6-2-1-3-7-15/h1-3,6-7,10-12,14,16,25H,4-5,8-9,13H2,(H,22,24). The SMILES string of the molecule is O=C(Nc1ccc2c(O)n(Cc3ccccc3)cc2c1)C1CCCC1. The van der Waals surface area contributed by atoms with Crippen molar-refractivity contribution in [2.75, 3.05) is 5.32 Å². The van der Waals surface area contributed by atoms with Crippen LogP contribution in [0.2, 0.25) is 0 Å². The van der Waals surface area contributed by atoms with Crippen molar-refractivity contribution >= 4 is 22.4 Å². The molecular formula is C21H22N2O2. The normalized spacial score (nSPS) is 14.9. The van der Waals surface area contributed by atoms with Crippen LogP contribution in [-0.4, -0.2) is 15.6 Å². The summed E-state index contributed by atoms with van der Waals surface area (Å²) in [5.74, 6) is 0.518. The van der Waals surface area contributed by atoms with E-state index < -0.39 is 0 Å². The lowest BCUT2D eigenvalue weighted by Gasteiger charge is -2.10. The number of aromatic hydroxyl groups is 1. The van der Waals surface area contributed by atoms with E-state index in [9.17, 15) is 9.90 Å². The van der Waals surface area contributed by atoms with Gasteiger partial charge in [-0.1, -0.05) is 43.2 Å². The summed E-state index contributed by atoms with van der Waals surface area (Å²) in [4.78, 5) is 12.3. The van der Waals surface area contributed by atoms with E-state index in [-0.39, 0.29) is 17.7 Å². The Bertz CT molecular complexity index is 893. The molecule has 1 aliphatic rings. The molecule has 128 valence electrons. The highest BCUT2D eigenvalue weighted by Gasteiger charge is 2.22. The number of hydrogen-bond donors (Lipinski definition) is 2. The molecule has 1 heterocycles. The number of nitrogens with zero attached hydrogens (tertiary/aromatic N) is 1. The summed E-state index contributed by atoms with van der Waals surface area (Å²) in [6.45, 7) is 0.616. The van der Waals surface area contributed by atoms with Gasteiger partial charge in [0, 0.05) is 28.6 Å². The molecule has 4 heteroatoms. The number of carbonyl (C=O) groups excluding carboxylic acids is 1. The minimum atomic E-state index is 0.116. The summed E-state index contributed by atoms with van der Waals surface area (Å²) < 4.78 is 1.84. The van der Waals surface area contributed by atoms with Crippen LogP contribution in [-0.2, 0) is 11.3 Å². The fraction of sp³-hybridized carbons (Fsp3) is 0.286. The molecule has 0 aliphatic heterocycles. The highest BCUT2D eigenvalue weighted by molar-refractivity contribution is 5.97.